The van der Waals surface area contributed by atoms with Crippen LogP contribution >= 0.6 is 22.9 Å². The number of aromatic nitrogens is 3. The second-order valence-corrected chi connectivity index (χ2v) is 7.92. The smallest absolute Gasteiger partial charge is 0.269 e. The largest absolute Gasteiger partial charge is 0.341 e. The van der Waals surface area contributed by atoms with Crippen molar-refractivity contribution in [2.75, 3.05) is 0 Å². The summed E-state index contributed by atoms with van der Waals surface area (Å²) in [5, 5.41) is 11.7. The molecule has 2 aromatic heterocycles. The van der Waals surface area contributed by atoms with E-state index in [4.69, 9.17) is 11.6 Å². The van der Waals surface area contributed by atoms with Crippen LogP contribution in [-0.2, 0) is 0 Å². The van der Waals surface area contributed by atoms with Gasteiger partial charge in [0.05, 0.1) is 16.8 Å². The number of carbonyl (C=O) groups excluding carboxylic acids is 1. The normalized spacial score (nSPS) is 15.1. The molecule has 4 rings (SSSR count). The Morgan fingerprint density at radius 3 is 2.88 bits per heavy atom. The lowest BCUT2D eigenvalue weighted by molar-refractivity contribution is 0.0926. The van der Waals surface area contributed by atoms with Crippen LogP contribution in [0.4, 0.5) is 0 Å². The summed E-state index contributed by atoms with van der Waals surface area (Å²) in [7, 11) is 0. The maximum Gasteiger partial charge on any atom is 0.269 e. The second-order valence-electron chi connectivity index (χ2n) is 6.24. The van der Waals surface area contributed by atoms with Crippen molar-refractivity contribution in [1.29, 1.82) is 0 Å². The Bertz CT molecular complexity index is 915. The number of nitrogens with one attached hydrogen (secondary N) is 2. The molecular formula is C18H17ClN4OS. The van der Waals surface area contributed by atoms with Gasteiger partial charge in [-0.2, -0.15) is 5.10 Å². The van der Waals surface area contributed by atoms with E-state index in [1.165, 1.54) is 0 Å². The van der Waals surface area contributed by atoms with Gasteiger partial charge in [0.25, 0.3) is 5.91 Å². The van der Waals surface area contributed by atoms with Crippen molar-refractivity contribution in [2.45, 2.75) is 25.8 Å². The summed E-state index contributed by atoms with van der Waals surface area (Å²) < 4.78 is 0. The zero-order valence-corrected chi connectivity index (χ0v) is 15.2. The Morgan fingerprint density at radius 1 is 1.40 bits per heavy atom. The molecule has 1 aliphatic carbocycles. The summed E-state index contributed by atoms with van der Waals surface area (Å²) >= 11 is 7.84. The lowest BCUT2D eigenvalue weighted by Gasteiger charge is -2.15. The van der Waals surface area contributed by atoms with Crippen LogP contribution in [0, 0.1) is 12.8 Å². The third kappa shape index (κ3) is 3.45. The molecule has 2 heterocycles. The van der Waals surface area contributed by atoms with E-state index in [1.807, 2.05) is 31.3 Å². The number of thiazole rings is 1. The molecule has 1 unspecified atom stereocenters. The van der Waals surface area contributed by atoms with Gasteiger partial charge >= 0.3 is 0 Å². The number of hydrogen-bond donors (Lipinski definition) is 2. The second kappa shape index (κ2) is 6.61. The first-order valence-electron chi connectivity index (χ1n) is 8.15. The predicted octanol–water partition coefficient (Wildman–Crippen LogP) is 4.38. The Balaban J connectivity index is 1.54. The van der Waals surface area contributed by atoms with Crippen molar-refractivity contribution < 1.29 is 4.79 Å². The molecule has 0 radical (unpaired) electrons. The van der Waals surface area contributed by atoms with E-state index >= 15 is 0 Å². The summed E-state index contributed by atoms with van der Waals surface area (Å²) in [5.41, 5.74) is 1.88. The lowest BCUT2D eigenvalue weighted by atomic mass is 10.1. The maximum atomic E-state index is 12.7. The van der Waals surface area contributed by atoms with Crippen LogP contribution in [0.1, 0.15) is 39.3 Å². The number of H-pyrrole nitrogens is 1. The fourth-order valence-electron chi connectivity index (χ4n) is 2.79. The molecule has 7 heteroatoms. The van der Waals surface area contributed by atoms with E-state index in [9.17, 15) is 4.79 Å². The minimum atomic E-state index is -0.171. The van der Waals surface area contributed by atoms with Gasteiger partial charge in [0.15, 0.2) is 0 Å². The molecule has 1 atom stereocenters. The predicted molar refractivity (Wildman–Crippen MR) is 98.8 cm³/mol. The highest BCUT2D eigenvalue weighted by Crippen LogP contribution is 2.42. The maximum absolute atomic E-state index is 12.7. The Kier molecular flexibility index (Phi) is 4.31. The summed E-state index contributed by atoms with van der Waals surface area (Å²) in [5.74, 6) is 0.302. The van der Waals surface area contributed by atoms with Crippen molar-refractivity contribution in [3.8, 4) is 11.3 Å². The zero-order valence-electron chi connectivity index (χ0n) is 13.6. The van der Waals surface area contributed by atoms with Crippen molar-refractivity contribution in [3.63, 3.8) is 0 Å². The number of nitrogens with zero attached hydrogens (tertiary/aromatic N) is 2. The summed E-state index contributed by atoms with van der Waals surface area (Å²) in [6.07, 6.45) is 4.10. The number of carbonyl (C=O) groups is 1. The van der Waals surface area contributed by atoms with Gasteiger partial charge < -0.3 is 5.32 Å². The molecule has 0 bridgehead atoms. The summed E-state index contributed by atoms with van der Waals surface area (Å²) in [6, 6.07) is 9.14. The molecule has 3 aromatic rings. The number of aryl methyl sites for hydroxylation is 1. The number of hydrogen-bond acceptors (Lipinski definition) is 4. The number of aromatic amines is 1. The number of amides is 1. The van der Waals surface area contributed by atoms with Crippen molar-refractivity contribution in [2.24, 2.45) is 5.92 Å². The van der Waals surface area contributed by atoms with Crippen LogP contribution in [0.5, 0.6) is 0 Å². The van der Waals surface area contributed by atoms with Gasteiger partial charge in [-0.15, -0.1) is 11.3 Å². The minimum Gasteiger partial charge on any atom is -0.341 e. The fourth-order valence-corrected chi connectivity index (χ4v) is 3.94. The van der Waals surface area contributed by atoms with Gasteiger partial charge in [0.2, 0.25) is 0 Å². The fraction of sp³-hybridized carbons (Fsp3) is 0.278. The van der Waals surface area contributed by atoms with E-state index in [0.29, 0.717) is 22.3 Å². The van der Waals surface area contributed by atoms with Gasteiger partial charge in [-0.1, -0.05) is 29.8 Å². The molecule has 128 valence electrons. The molecule has 1 amide bonds. The van der Waals surface area contributed by atoms with Gasteiger partial charge in [-0.25, -0.2) is 4.98 Å². The van der Waals surface area contributed by atoms with Crippen LogP contribution < -0.4 is 5.32 Å². The van der Waals surface area contributed by atoms with Crippen LogP contribution in [0.2, 0.25) is 5.02 Å². The van der Waals surface area contributed by atoms with Gasteiger partial charge in [0, 0.05) is 16.6 Å². The molecule has 2 N–H and O–H groups in total. The Labute approximate surface area is 154 Å². The number of halogens is 1. The Hall–Kier alpha value is -2.18. The first-order valence-corrected chi connectivity index (χ1v) is 9.35. The highest BCUT2D eigenvalue weighted by molar-refractivity contribution is 7.11. The Morgan fingerprint density at radius 2 is 2.20 bits per heavy atom. The molecule has 1 aromatic carbocycles. The summed E-state index contributed by atoms with van der Waals surface area (Å²) in [4.78, 5) is 18.3. The molecular weight excluding hydrogens is 356 g/mol. The zero-order chi connectivity index (χ0) is 17.4. The topological polar surface area (TPSA) is 70.7 Å². The molecule has 0 aliphatic heterocycles. The van der Waals surface area contributed by atoms with Crippen LogP contribution in [0.15, 0.2) is 36.5 Å². The van der Waals surface area contributed by atoms with Crippen molar-refractivity contribution in [3.05, 3.63) is 57.1 Å². The standard InChI is InChI=1S/C18H17ClN4OS/c1-10-9-20-18(25-10)16(11-6-7-11)21-17(24)15-8-14(22-23-15)12-4-2-3-5-13(12)19/h2-5,8-9,11,16H,6-7H2,1H3,(H,21,24)(H,22,23). The third-order valence-corrected chi connectivity index (χ3v) is 5.58. The highest BCUT2D eigenvalue weighted by Gasteiger charge is 2.35. The minimum absolute atomic E-state index is 0.0294. The monoisotopic (exact) mass is 372 g/mol. The molecule has 0 spiro atoms. The average Bonchev–Trinajstić information content (AvgIpc) is 3.15. The van der Waals surface area contributed by atoms with E-state index in [1.54, 1.807) is 23.5 Å². The first kappa shape index (κ1) is 16.3. The molecule has 5 nitrogen and oxygen atoms in total. The molecule has 0 saturated heterocycles. The van der Waals surface area contributed by atoms with Crippen LogP contribution in [0.3, 0.4) is 0 Å². The third-order valence-electron chi connectivity index (χ3n) is 4.26. The molecule has 25 heavy (non-hydrogen) atoms. The quantitative estimate of drug-likeness (QED) is 0.698. The SMILES string of the molecule is Cc1cnc(C(NC(=O)c2cc(-c3ccccc3Cl)n[nH]2)C2CC2)s1. The van der Waals surface area contributed by atoms with Gasteiger partial charge in [-0.3, -0.25) is 9.89 Å². The number of benzene rings is 1. The van der Waals surface area contributed by atoms with Crippen molar-refractivity contribution >= 4 is 28.8 Å². The molecule has 1 aliphatic rings. The number of rotatable bonds is 5. The van der Waals surface area contributed by atoms with E-state index < -0.39 is 0 Å². The highest BCUT2D eigenvalue weighted by atomic mass is 35.5. The van der Waals surface area contributed by atoms with E-state index in [0.717, 1.165) is 28.3 Å². The van der Waals surface area contributed by atoms with Crippen molar-refractivity contribution in [1.82, 2.24) is 20.5 Å². The first-order chi connectivity index (χ1) is 12.1. The average molecular weight is 373 g/mol. The van der Waals surface area contributed by atoms with Gasteiger partial charge in [0.1, 0.15) is 10.7 Å². The molecule has 1 saturated carbocycles. The summed E-state index contributed by atoms with van der Waals surface area (Å²) in [6.45, 7) is 2.03. The lowest BCUT2D eigenvalue weighted by Crippen LogP contribution is -2.30. The molecule has 1 fully saturated rings. The van der Waals surface area contributed by atoms with E-state index in [2.05, 4.69) is 20.5 Å². The van der Waals surface area contributed by atoms with Gasteiger partial charge in [-0.05, 0) is 37.8 Å². The van der Waals surface area contributed by atoms with E-state index in [-0.39, 0.29) is 11.9 Å². The van der Waals surface area contributed by atoms with Crippen LogP contribution in [-0.4, -0.2) is 21.1 Å². The van der Waals surface area contributed by atoms with Crippen LogP contribution in [0.25, 0.3) is 11.3 Å².